The van der Waals surface area contributed by atoms with E-state index in [9.17, 15) is 0 Å². The lowest BCUT2D eigenvalue weighted by atomic mass is 9.87. The van der Waals surface area contributed by atoms with Crippen molar-refractivity contribution in [3.8, 4) is 5.92 Å². The Morgan fingerprint density at radius 1 is 1.12 bits per heavy atom. The van der Waals surface area contributed by atoms with Crippen molar-refractivity contribution in [2.45, 2.75) is 59.3 Å². The molecule has 17 heavy (non-hydrogen) atoms. The van der Waals surface area contributed by atoms with Crippen LogP contribution >= 0.6 is 0 Å². The van der Waals surface area contributed by atoms with Crippen molar-refractivity contribution in [1.29, 1.82) is 0 Å². The van der Waals surface area contributed by atoms with E-state index in [1.165, 1.54) is 41.5 Å². The first-order chi connectivity index (χ1) is 8.11. The molecule has 0 aliphatic rings. The van der Waals surface area contributed by atoms with Gasteiger partial charge in [0.05, 0.1) is 0 Å². The predicted molar refractivity (Wildman–Crippen MR) is 74.7 cm³/mol. The lowest BCUT2D eigenvalue weighted by Crippen LogP contribution is -2.01. The third kappa shape index (κ3) is 3.37. The van der Waals surface area contributed by atoms with Gasteiger partial charge in [-0.05, 0) is 55.9 Å². The molecule has 0 saturated heterocycles. The molecule has 0 aromatic heterocycles. The van der Waals surface area contributed by atoms with Gasteiger partial charge in [-0.15, -0.1) is 0 Å². The van der Waals surface area contributed by atoms with Crippen LogP contribution in [0.1, 0.15) is 60.8 Å². The molecule has 0 nitrogen and oxygen atoms in total. The van der Waals surface area contributed by atoms with Crippen molar-refractivity contribution < 1.29 is 0 Å². The normalized spacial score (nSPS) is 12.2. The molecule has 1 aromatic rings. The van der Waals surface area contributed by atoms with Gasteiger partial charge in [-0.1, -0.05) is 44.2 Å². The number of benzene rings is 1. The molecular weight excluding hydrogens is 204 g/mol. The van der Waals surface area contributed by atoms with Gasteiger partial charge in [0.15, 0.2) is 0 Å². The monoisotopic (exact) mass is 227 g/mol. The zero-order valence-electron chi connectivity index (χ0n) is 11.6. The number of aryl methyl sites for hydroxylation is 1. The van der Waals surface area contributed by atoms with E-state index < -0.39 is 0 Å². The third-order valence-electron chi connectivity index (χ3n) is 3.75. The Labute approximate surface area is 106 Å². The minimum absolute atomic E-state index is 0.181. The van der Waals surface area contributed by atoms with Crippen LogP contribution in [-0.4, -0.2) is 0 Å². The van der Waals surface area contributed by atoms with Crippen LogP contribution in [0.5, 0.6) is 0 Å². The van der Waals surface area contributed by atoms with Gasteiger partial charge in [0.2, 0.25) is 0 Å². The minimum Gasteiger partial charge on any atom is -0.0809 e. The Morgan fingerprint density at radius 2 is 1.82 bits per heavy atom. The van der Waals surface area contributed by atoms with Crippen molar-refractivity contribution in [3.63, 3.8) is 0 Å². The first kappa shape index (κ1) is 13.8. The van der Waals surface area contributed by atoms with Crippen LogP contribution in [0, 0.1) is 33.1 Å². The van der Waals surface area contributed by atoms with Gasteiger partial charge in [0.25, 0.3) is 0 Å². The van der Waals surface area contributed by atoms with Crippen molar-refractivity contribution >= 4 is 0 Å². The highest BCUT2D eigenvalue weighted by atomic mass is 14.2. The zero-order chi connectivity index (χ0) is 12.8. The van der Waals surface area contributed by atoms with Crippen LogP contribution in [-0.2, 0) is 0 Å². The summed E-state index contributed by atoms with van der Waals surface area (Å²) in [5, 5.41) is 0. The quantitative estimate of drug-likeness (QED) is 0.497. The SMILES string of the molecule is [C]#CC(CCCCC)c1ccc(C)c(C)c1C. The summed E-state index contributed by atoms with van der Waals surface area (Å²) >= 11 is 0. The fraction of sp³-hybridized carbons (Fsp3) is 0.529. The van der Waals surface area contributed by atoms with E-state index in [1.807, 2.05) is 0 Å². The molecule has 1 aromatic carbocycles. The van der Waals surface area contributed by atoms with Gasteiger partial charge in [-0.2, -0.15) is 0 Å². The van der Waals surface area contributed by atoms with E-state index in [4.69, 9.17) is 6.42 Å². The Hall–Kier alpha value is -1.22. The van der Waals surface area contributed by atoms with Crippen LogP contribution in [0.2, 0.25) is 0 Å². The summed E-state index contributed by atoms with van der Waals surface area (Å²) in [5.74, 6) is 2.90. The molecule has 0 heterocycles. The van der Waals surface area contributed by atoms with E-state index in [0.29, 0.717) is 0 Å². The molecule has 1 unspecified atom stereocenters. The Bertz CT molecular complexity index is 407. The Kier molecular flexibility index (Phi) is 5.29. The number of hydrogen-bond donors (Lipinski definition) is 0. The molecule has 0 saturated carbocycles. The molecule has 0 bridgehead atoms. The fourth-order valence-corrected chi connectivity index (χ4v) is 2.26. The molecular formula is C17H23. The molecule has 1 rings (SSSR count). The third-order valence-corrected chi connectivity index (χ3v) is 3.75. The smallest absolute Gasteiger partial charge is 0.0465 e. The maximum atomic E-state index is 7.50. The molecule has 0 aliphatic carbocycles. The van der Waals surface area contributed by atoms with Gasteiger partial charge < -0.3 is 0 Å². The lowest BCUT2D eigenvalue weighted by Gasteiger charge is -2.16. The minimum atomic E-state index is 0.181. The second kappa shape index (κ2) is 6.50. The fourth-order valence-electron chi connectivity index (χ4n) is 2.26. The van der Waals surface area contributed by atoms with Crippen LogP contribution in [0.3, 0.4) is 0 Å². The molecule has 1 radical (unpaired) electrons. The highest BCUT2D eigenvalue weighted by Crippen LogP contribution is 2.27. The first-order valence-corrected chi connectivity index (χ1v) is 6.60. The molecule has 91 valence electrons. The van der Waals surface area contributed by atoms with Gasteiger partial charge in [-0.25, -0.2) is 0 Å². The standard InChI is InChI=1S/C17H23/c1-6-8-9-10-16(7-2)17-12-11-13(3)14(4)15(17)5/h11-12,16H,6,8-10H2,1,3-5H3. The van der Waals surface area contributed by atoms with Crippen molar-refractivity contribution in [2.24, 2.45) is 0 Å². The van der Waals surface area contributed by atoms with Crippen LogP contribution in [0.25, 0.3) is 0 Å². The van der Waals surface area contributed by atoms with Gasteiger partial charge in [-0.3, -0.25) is 0 Å². The summed E-state index contributed by atoms with van der Waals surface area (Å²) in [5.41, 5.74) is 5.33. The maximum absolute atomic E-state index is 7.50. The highest BCUT2D eigenvalue weighted by Gasteiger charge is 2.12. The van der Waals surface area contributed by atoms with E-state index in [0.717, 1.165) is 6.42 Å². The summed E-state index contributed by atoms with van der Waals surface area (Å²) in [7, 11) is 0. The molecule has 1 atom stereocenters. The Balaban J connectivity index is 2.90. The number of rotatable bonds is 5. The summed E-state index contributed by atoms with van der Waals surface area (Å²) in [6, 6.07) is 4.34. The van der Waals surface area contributed by atoms with Gasteiger partial charge >= 0.3 is 0 Å². The van der Waals surface area contributed by atoms with Gasteiger partial charge in [0, 0.05) is 5.92 Å². The second-order valence-electron chi connectivity index (χ2n) is 4.91. The average molecular weight is 227 g/mol. The van der Waals surface area contributed by atoms with Crippen molar-refractivity contribution in [2.75, 3.05) is 0 Å². The molecule has 0 heteroatoms. The van der Waals surface area contributed by atoms with Crippen molar-refractivity contribution in [1.82, 2.24) is 0 Å². The van der Waals surface area contributed by atoms with E-state index >= 15 is 0 Å². The summed E-state index contributed by atoms with van der Waals surface area (Å²) in [6.45, 7) is 8.69. The van der Waals surface area contributed by atoms with Crippen LogP contribution in [0.4, 0.5) is 0 Å². The van der Waals surface area contributed by atoms with E-state index in [2.05, 4.69) is 45.7 Å². The van der Waals surface area contributed by atoms with E-state index in [-0.39, 0.29) is 5.92 Å². The number of hydrogen-bond acceptors (Lipinski definition) is 0. The van der Waals surface area contributed by atoms with Gasteiger partial charge in [0.1, 0.15) is 0 Å². The molecule has 0 fully saturated rings. The van der Waals surface area contributed by atoms with Crippen LogP contribution in [0.15, 0.2) is 12.1 Å². The van der Waals surface area contributed by atoms with Crippen molar-refractivity contribution in [3.05, 3.63) is 40.8 Å². The Morgan fingerprint density at radius 3 is 2.41 bits per heavy atom. The molecule has 0 N–H and O–H groups in total. The van der Waals surface area contributed by atoms with Crippen LogP contribution < -0.4 is 0 Å². The summed E-state index contributed by atoms with van der Waals surface area (Å²) in [6.07, 6.45) is 12.2. The number of unbranched alkanes of at least 4 members (excludes halogenated alkanes) is 2. The zero-order valence-corrected chi connectivity index (χ0v) is 11.6. The highest BCUT2D eigenvalue weighted by molar-refractivity contribution is 5.42. The lowest BCUT2D eigenvalue weighted by molar-refractivity contribution is 0.635. The van der Waals surface area contributed by atoms with E-state index in [1.54, 1.807) is 0 Å². The largest absolute Gasteiger partial charge is 0.0809 e. The topological polar surface area (TPSA) is 0 Å². The maximum Gasteiger partial charge on any atom is 0.0465 e. The average Bonchev–Trinajstić information content (AvgIpc) is 2.33. The predicted octanol–water partition coefficient (Wildman–Crippen LogP) is 4.87. The summed E-state index contributed by atoms with van der Waals surface area (Å²) in [4.78, 5) is 0. The molecule has 0 amide bonds. The second-order valence-corrected chi connectivity index (χ2v) is 4.91. The summed E-state index contributed by atoms with van der Waals surface area (Å²) < 4.78 is 0. The first-order valence-electron chi connectivity index (χ1n) is 6.60. The molecule has 0 aliphatic heterocycles. The molecule has 0 spiro atoms.